The van der Waals surface area contributed by atoms with Crippen molar-refractivity contribution in [2.45, 2.75) is 31.8 Å². The van der Waals surface area contributed by atoms with Gasteiger partial charge in [-0.15, -0.1) is 11.3 Å². The van der Waals surface area contributed by atoms with Crippen LogP contribution in [0, 0.1) is 11.8 Å². The second-order valence-corrected chi connectivity index (χ2v) is 7.70. The Bertz CT molecular complexity index is 543. The molecule has 0 unspecified atom stereocenters. The number of carbonyl (C=O) groups is 1. The highest BCUT2D eigenvalue weighted by Gasteiger charge is 2.46. The van der Waals surface area contributed by atoms with Crippen LogP contribution in [0.15, 0.2) is 11.4 Å². The van der Waals surface area contributed by atoms with Gasteiger partial charge in [-0.2, -0.15) is 0 Å². The number of piperidine rings is 1. The van der Waals surface area contributed by atoms with Crippen molar-refractivity contribution in [3.05, 3.63) is 21.3 Å². The minimum Gasteiger partial charge on any atom is -0.389 e. The zero-order chi connectivity index (χ0) is 15.7. The highest BCUT2D eigenvalue weighted by atomic mass is 35.5. The number of rotatable bonds is 2. The van der Waals surface area contributed by atoms with Crippen LogP contribution in [-0.4, -0.2) is 47.8 Å². The Morgan fingerprint density at radius 1 is 1.50 bits per heavy atom. The van der Waals surface area contributed by atoms with Gasteiger partial charge >= 0.3 is 0 Å². The number of thiophene rings is 1. The lowest BCUT2D eigenvalue weighted by atomic mass is 9.70. The number of likely N-dealkylation sites (tertiary alicyclic amines) is 1. The third kappa shape index (κ3) is 2.92. The van der Waals surface area contributed by atoms with Crippen LogP contribution in [0.3, 0.4) is 0 Å². The maximum atomic E-state index is 12.6. The molecule has 22 heavy (non-hydrogen) atoms. The van der Waals surface area contributed by atoms with E-state index in [1.165, 1.54) is 11.3 Å². The fourth-order valence-corrected chi connectivity index (χ4v) is 4.82. The van der Waals surface area contributed by atoms with Crippen molar-refractivity contribution in [1.82, 2.24) is 4.90 Å². The minimum atomic E-state index is -0.681. The van der Waals surface area contributed by atoms with Gasteiger partial charge in [0, 0.05) is 32.2 Å². The summed E-state index contributed by atoms with van der Waals surface area (Å²) >= 11 is 7.45. The molecule has 4 nitrogen and oxygen atoms in total. The molecular formula is C16H22ClNO3S. The van der Waals surface area contributed by atoms with E-state index in [0.29, 0.717) is 29.4 Å². The van der Waals surface area contributed by atoms with Crippen LogP contribution in [0.5, 0.6) is 0 Å². The number of halogens is 1. The molecule has 3 rings (SSSR count). The Morgan fingerprint density at radius 2 is 2.23 bits per heavy atom. The summed E-state index contributed by atoms with van der Waals surface area (Å²) < 4.78 is 5.40. The third-order valence-corrected chi connectivity index (χ3v) is 6.49. The SMILES string of the molecule is C[C@@H]1CN(C(=O)c2sccc2Cl)CC[C@@]1(O)C1CCOCC1. The van der Waals surface area contributed by atoms with E-state index in [9.17, 15) is 9.90 Å². The molecule has 1 aromatic heterocycles. The molecule has 0 aromatic carbocycles. The van der Waals surface area contributed by atoms with Gasteiger partial charge in [0.25, 0.3) is 5.91 Å². The monoisotopic (exact) mass is 343 g/mol. The number of nitrogens with zero attached hydrogens (tertiary/aromatic N) is 1. The molecule has 2 aliphatic heterocycles. The van der Waals surface area contributed by atoms with Crippen LogP contribution in [0.4, 0.5) is 0 Å². The van der Waals surface area contributed by atoms with E-state index in [-0.39, 0.29) is 17.7 Å². The molecular weight excluding hydrogens is 322 g/mol. The molecule has 1 amide bonds. The molecule has 2 saturated heterocycles. The van der Waals surface area contributed by atoms with E-state index >= 15 is 0 Å². The van der Waals surface area contributed by atoms with Crippen molar-refractivity contribution in [2.24, 2.45) is 11.8 Å². The van der Waals surface area contributed by atoms with Crippen molar-refractivity contribution in [2.75, 3.05) is 26.3 Å². The lowest BCUT2D eigenvalue weighted by Crippen LogP contribution is -2.56. The van der Waals surface area contributed by atoms with Crippen LogP contribution in [0.1, 0.15) is 35.9 Å². The lowest BCUT2D eigenvalue weighted by molar-refractivity contribution is -0.125. The summed E-state index contributed by atoms with van der Waals surface area (Å²) in [6, 6.07) is 1.76. The van der Waals surface area contributed by atoms with E-state index in [4.69, 9.17) is 16.3 Å². The molecule has 1 N–H and O–H groups in total. The van der Waals surface area contributed by atoms with Gasteiger partial charge < -0.3 is 14.7 Å². The summed E-state index contributed by atoms with van der Waals surface area (Å²) in [6.07, 6.45) is 2.45. The minimum absolute atomic E-state index is 0.0131. The Kier molecular flexibility index (Phi) is 4.78. The van der Waals surface area contributed by atoms with Gasteiger partial charge in [0.15, 0.2) is 0 Å². The maximum Gasteiger partial charge on any atom is 0.265 e. The Morgan fingerprint density at radius 3 is 2.82 bits per heavy atom. The van der Waals surface area contributed by atoms with Crippen molar-refractivity contribution < 1.29 is 14.6 Å². The Labute approximate surface area is 140 Å². The highest BCUT2D eigenvalue weighted by Crippen LogP contribution is 2.40. The van der Waals surface area contributed by atoms with Gasteiger partial charge in [-0.3, -0.25) is 4.79 Å². The molecule has 6 heteroatoms. The number of carbonyl (C=O) groups excluding carboxylic acids is 1. The number of amides is 1. The van der Waals surface area contributed by atoms with Gasteiger partial charge in [-0.05, 0) is 36.6 Å². The molecule has 0 aliphatic carbocycles. The first kappa shape index (κ1) is 16.2. The molecule has 2 fully saturated rings. The first-order valence-corrected chi connectivity index (χ1v) is 9.10. The maximum absolute atomic E-state index is 12.6. The summed E-state index contributed by atoms with van der Waals surface area (Å²) in [5.74, 6) is 0.326. The van der Waals surface area contributed by atoms with Crippen LogP contribution in [0.2, 0.25) is 5.02 Å². The van der Waals surface area contributed by atoms with Crippen molar-refractivity contribution in [3.63, 3.8) is 0 Å². The predicted molar refractivity (Wildman–Crippen MR) is 87.5 cm³/mol. The normalized spacial score (nSPS) is 30.5. The zero-order valence-corrected chi connectivity index (χ0v) is 14.3. The number of hydrogen-bond donors (Lipinski definition) is 1. The topological polar surface area (TPSA) is 49.8 Å². The van der Waals surface area contributed by atoms with Crippen LogP contribution in [-0.2, 0) is 4.74 Å². The van der Waals surface area contributed by atoms with Gasteiger partial charge in [-0.25, -0.2) is 0 Å². The Balaban J connectivity index is 1.69. The average Bonchev–Trinajstić information content (AvgIpc) is 2.96. The zero-order valence-electron chi connectivity index (χ0n) is 12.8. The molecule has 0 spiro atoms. The summed E-state index contributed by atoms with van der Waals surface area (Å²) in [6.45, 7) is 4.68. The molecule has 122 valence electrons. The highest BCUT2D eigenvalue weighted by molar-refractivity contribution is 7.12. The predicted octanol–water partition coefficient (Wildman–Crippen LogP) is 3.04. The summed E-state index contributed by atoms with van der Waals surface area (Å²) in [5, 5.41) is 13.5. The standard InChI is InChI=1S/C16H22ClNO3S/c1-11-10-18(15(19)14-13(17)4-9-22-14)6-5-16(11,20)12-2-7-21-8-3-12/h4,9,11-12,20H,2-3,5-8,10H2,1H3/t11-,16+/m1/s1. The summed E-state index contributed by atoms with van der Waals surface area (Å²) in [4.78, 5) is 15.0. The van der Waals surface area contributed by atoms with E-state index in [0.717, 1.165) is 26.1 Å². The van der Waals surface area contributed by atoms with E-state index in [1.54, 1.807) is 6.07 Å². The quantitative estimate of drug-likeness (QED) is 0.898. The van der Waals surface area contributed by atoms with Gasteiger partial charge in [-0.1, -0.05) is 18.5 Å². The van der Waals surface area contributed by atoms with Gasteiger partial charge in [0.1, 0.15) is 4.88 Å². The first-order valence-electron chi connectivity index (χ1n) is 7.84. The lowest BCUT2D eigenvalue weighted by Gasteiger charge is -2.48. The molecule has 2 aliphatic rings. The fraction of sp³-hybridized carbons (Fsp3) is 0.688. The van der Waals surface area contributed by atoms with E-state index in [1.807, 2.05) is 17.2 Å². The van der Waals surface area contributed by atoms with Crippen molar-refractivity contribution in [3.8, 4) is 0 Å². The van der Waals surface area contributed by atoms with Gasteiger partial charge in [0.05, 0.1) is 10.6 Å². The summed E-state index contributed by atoms with van der Waals surface area (Å²) in [7, 11) is 0. The van der Waals surface area contributed by atoms with Crippen molar-refractivity contribution >= 4 is 28.8 Å². The molecule has 0 bridgehead atoms. The second kappa shape index (κ2) is 6.48. The molecule has 1 aromatic rings. The molecule has 0 radical (unpaired) electrons. The Hall–Kier alpha value is -0.620. The third-order valence-electron chi connectivity index (χ3n) is 5.16. The smallest absolute Gasteiger partial charge is 0.265 e. The number of aliphatic hydroxyl groups is 1. The first-order chi connectivity index (χ1) is 10.5. The largest absolute Gasteiger partial charge is 0.389 e. The van der Waals surface area contributed by atoms with Gasteiger partial charge in [0.2, 0.25) is 0 Å². The molecule has 0 saturated carbocycles. The molecule has 3 heterocycles. The molecule has 2 atom stereocenters. The van der Waals surface area contributed by atoms with E-state index in [2.05, 4.69) is 0 Å². The average molecular weight is 344 g/mol. The fourth-order valence-electron chi connectivity index (χ4n) is 3.72. The van der Waals surface area contributed by atoms with Crippen LogP contribution >= 0.6 is 22.9 Å². The second-order valence-electron chi connectivity index (χ2n) is 6.38. The van der Waals surface area contributed by atoms with Crippen LogP contribution in [0.25, 0.3) is 0 Å². The van der Waals surface area contributed by atoms with Crippen molar-refractivity contribution in [1.29, 1.82) is 0 Å². The summed E-state index contributed by atoms with van der Waals surface area (Å²) in [5.41, 5.74) is -0.681. The van der Waals surface area contributed by atoms with Crippen LogP contribution < -0.4 is 0 Å². The van der Waals surface area contributed by atoms with E-state index < -0.39 is 5.60 Å². The number of hydrogen-bond acceptors (Lipinski definition) is 4. The number of ether oxygens (including phenoxy) is 1.